The lowest BCUT2D eigenvalue weighted by Crippen LogP contribution is -2.60. The molecule has 6 atom stereocenters. The Balaban J connectivity index is 2.47. The van der Waals surface area contributed by atoms with E-state index in [4.69, 9.17) is 19.3 Å². The largest absolute Gasteiger partial charge is 0.463 e. The topological polar surface area (TPSA) is 146 Å². The molecule has 0 amide bonds. The van der Waals surface area contributed by atoms with Crippen LogP contribution < -0.4 is 0 Å². The van der Waals surface area contributed by atoms with Crippen molar-refractivity contribution in [1.82, 2.24) is 0 Å². The average Bonchev–Trinajstić information content (AvgIpc) is 2.58. The van der Waals surface area contributed by atoms with E-state index < -0.39 is 56.0 Å². The number of rotatable bonds is 10. The van der Waals surface area contributed by atoms with Crippen LogP contribution in [0.2, 0.25) is 0 Å². The number of esters is 1. The third-order valence-electron chi connectivity index (χ3n) is 3.79. The van der Waals surface area contributed by atoms with E-state index in [0.29, 0.717) is 6.42 Å². The van der Waals surface area contributed by atoms with Gasteiger partial charge in [-0.25, -0.2) is 0 Å². The van der Waals surface area contributed by atoms with E-state index in [1.54, 1.807) is 0 Å². The van der Waals surface area contributed by atoms with E-state index in [0.717, 1.165) is 12.8 Å². The van der Waals surface area contributed by atoms with Gasteiger partial charge in [0.1, 0.15) is 37.1 Å². The maximum atomic E-state index is 11.5. The first-order valence-electron chi connectivity index (χ1n) is 8.17. The Bertz CT molecular complexity index is 363. The van der Waals surface area contributed by atoms with Crippen LogP contribution in [0.4, 0.5) is 0 Å². The van der Waals surface area contributed by atoms with Crippen molar-refractivity contribution in [1.29, 1.82) is 0 Å². The van der Waals surface area contributed by atoms with Gasteiger partial charge in [0, 0.05) is 6.42 Å². The summed E-state index contributed by atoms with van der Waals surface area (Å²) in [6.07, 6.45) is -5.21. The van der Waals surface area contributed by atoms with E-state index in [1.807, 2.05) is 6.92 Å². The quantitative estimate of drug-likeness (QED) is 0.229. The van der Waals surface area contributed by atoms with Gasteiger partial charge >= 0.3 is 5.97 Å². The van der Waals surface area contributed by atoms with Gasteiger partial charge in [-0.15, -0.1) is 0 Å². The number of aliphatic hydroxyl groups excluding tert-OH is 5. The van der Waals surface area contributed by atoms with E-state index >= 15 is 0 Å². The molecule has 9 heteroatoms. The van der Waals surface area contributed by atoms with Crippen LogP contribution in [0, 0.1) is 0 Å². The van der Waals surface area contributed by atoms with Crippen LogP contribution in [0.25, 0.3) is 0 Å². The van der Waals surface area contributed by atoms with E-state index in [2.05, 4.69) is 0 Å². The van der Waals surface area contributed by atoms with Crippen LogP contribution in [-0.2, 0) is 19.0 Å². The van der Waals surface area contributed by atoms with Gasteiger partial charge in [0.05, 0.1) is 13.2 Å². The second-order valence-electron chi connectivity index (χ2n) is 5.78. The first kappa shape index (κ1) is 21.2. The van der Waals surface area contributed by atoms with Crippen LogP contribution >= 0.6 is 0 Å². The van der Waals surface area contributed by atoms with Crippen LogP contribution in [0.1, 0.15) is 32.6 Å². The molecule has 1 aliphatic rings. The molecule has 0 aliphatic carbocycles. The number of ether oxygens (including phenoxy) is 3. The molecule has 24 heavy (non-hydrogen) atoms. The number of hydrogen-bond donors (Lipinski definition) is 5. The van der Waals surface area contributed by atoms with Gasteiger partial charge in [-0.05, 0) is 6.42 Å². The van der Waals surface area contributed by atoms with Crippen LogP contribution in [0.3, 0.4) is 0 Å². The first-order valence-corrected chi connectivity index (χ1v) is 8.17. The zero-order valence-corrected chi connectivity index (χ0v) is 13.8. The van der Waals surface area contributed by atoms with Crippen molar-refractivity contribution >= 4 is 5.97 Å². The van der Waals surface area contributed by atoms with Gasteiger partial charge in [0.25, 0.3) is 0 Å². The SMILES string of the molecule is CCCCCC(=O)OCC(CO)O[C@@H]1O[C@H](CO)[C@H](O)[C@H](O)[C@H]1O. The van der Waals surface area contributed by atoms with Gasteiger partial charge < -0.3 is 39.7 Å². The van der Waals surface area contributed by atoms with E-state index in [-0.39, 0.29) is 13.0 Å². The zero-order chi connectivity index (χ0) is 18.1. The number of aliphatic hydroxyl groups is 5. The fourth-order valence-electron chi connectivity index (χ4n) is 2.28. The Hall–Kier alpha value is -0.810. The molecule has 1 unspecified atom stereocenters. The molecule has 1 saturated heterocycles. The number of hydrogen-bond acceptors (Lipinski definition) is 9. The maximum Gasteiger partial charge on any atom is 0.305 e. The van der Waals surface area contributed by atoms with E-state index in [1.165, 1.54) is 0 Å². The highest BCUT2D eigenvalue weighted by molar-refractivity contribution is 5.69. The molecule has 0 spiro atoms. The molecule has 0 aromatic carbocycles. The van der Waals surface area contributed by atoms with Crippen LogP contribution in [-0.4, -0.2) is 88.1 Å². The summed E-state index contributed by atoms with van der Waals surface area (Å²) in [7, 11) is 0. The van der Waals surface area contributed by atoms with Gasteiger partial charge in [0.15, 0.2) is 6.29 Å². The lowest BCUT2D eigenvalue weighted by Gasteiger charge is -2.40. The molecule has 0 aromatic rings. The molecule has 1 rings (SSSR count). The molecule has 0 saturated carbocycles. The molecule has 9 nitrogen and oxygen atoms in total. The van der Waals surface area contributed by atoms with Crippen LogP contribution in [0.15, 0.2) is 0 Å². The normalized spacial score (nSPS) is 31.7. The highest BCUT2D eigenvalue weighted by Crippen LogP contribution is 2.23. The van der Waals surface area contributed by atoms with Gasteiger partial charge in [0.2, 0.25) is 0 Å². The Morgan fingerprint density at radius 3 is 2.42 bits per heavy atom. The highest BCUT2D eigenvalue weighted by Gasteiger charge is 2.44. The Morgan fingerprint density at radius 1 is 1.12 bits per heavy atom. The standard InChI is InChI=1S/C15H28O9/c1-2-3-4-5-11(18)22-8-9(6-16)23-15-14(21)13(20)12(19)10(7-17)24-15/h9-10,12-17,19-21H,2-8H2,1H3/t9?,10-,12+,13+,14-,15-/m1/s1. The second-order valence-corrected chi connectivity index (χ2v) is 5.78. The summed E-state index contributed by atoms with van der Waals surface area (Å²) in [4.78, 5) is 11.5. The molecule has 1 fully saturated rings. The third-order valence-corrected chi connectivity index (χ3v) is 3.79. The Morgan fingerprint density at radius 2 is 1.83 bits per heavy atom. The summed E-state index contributed by atoms with van der Waals surface area (Å²) in [5.41, 5.74) is 0. The van der Waals surface area contributed by atoms with Crippen molar-refractivity contribution in [2.75, 3.05) is 19.8 Å². The minimum Gasteiger partial charge on any atom is -0.463 e. The summed E-state index contributed by atoms with van der Waals surface area (Å²) in [6, 6.07) is 0. The molecular weight excluding hydrogens is 324 g/mol. The molecule has 1 heterocycles. The van der Waals surface area contributed by atoms with Crippen molar-refractivity contribution in [3.8, 4) is 0 Å². The molecule has 0 radical (unpaired) electrons. The fraction of sp³-hybridized carbons (Fsp3) is 0.933. The van der Waals surface area contributed by atoms with Crippen molar-refractivity contribution in [2.45, 2.75) is 69.4 Å². The summed E-state index contributed by atoms with van der Waals surface area (Å²) in [5.74, 6) is -0.417. The highest BCUT2D eigenvalue weighted by atomic mass is 16.7. The summed E-state index contributed by atoms with van der Waals surface area (Å²) >= 11 is 0. The fourth-order valence-corrected chi connectivity index (χ4v) is 2.28. The summed E-state index contributed by atoms with van der Waals surface area (Å²) in [6.45, 7) is 0.691. The van der Waals surface area contributed by atoms with Crippen molar-refractivity contribution < 1.29 is 44.5 Å². The molecule has 0 aromatic heterocycles. The third kappa shape index (κ3) is 6.25. The zero-order valence-electron chi connectivity index (χ0n) is 13.8. The average molecular weight is 352 g/mol. The van der Waals surface area contributed by atoms with Crippen molar-refractivity contribution in [2.24, 2.45) is 0 Å². The number of carbonyl (C=O) groups excluding carboxylic acids is 1. The molecular formula is C15H28O9. The Kier molecular flexibility index (Phi) is 9.67. The number of unbranched alkanes of at least 4 members (excludes halogenated alkanes) is 2. The minimum atomic E-state index is -1.57. The van der Waals surface area contributed by atoms with Gasteiger partial charge in [-0.3, -0.25) is 4.79 Å². The molecule has 1 aliphatic heterocycles. The Labute approximate surface area is 140 Å². The van der Waals surface area contributed by atoms with Gasteiger partial charge in [-0.2, -0.15) is 0 Å². The summed E-state index contributed by atoms with van der Waals surface area (Å²) in [5, 5.41) is 47.6. The maximum absolute atomic E-state index is 11.5. The predicted molar refractivity (Wildman–Crippen MR) is 80.8 cm³/mol. The molecule has 142 valence electrons. The van der Waals surface area contributed by atoms with Crippen LogP contribution in [0.5, 0.6) is 0 Å². The van der Waals surface area contributed by atoms with Crippen molar-refractivity contribution in [3.63, 3.8) is 0 Å². The molecule has 5 N–H and O–H groups in total. The summed E-state index contributed by atoms with van der Waals surface area (Å²) < 4.78 is 15.5. The second kappa shape index (κ2) is 10.9. The monoisotopic (exact) mass is 352 g/mol. The lowest BCUT2D eigenvalue weighted by atomic mass is 9.99. The van der Waals surface area contributed by atoms with Crippen molar-refractivity contribution in [3.05, 3.63) is 0 Å². The minimum absolute atomic E-state index is 0.240. The molecule has 0 bridgehead atoms. The predicted octanol–water partition coefficient (Wildman–Crippen LogP) is -1.71. The smallest absolute Gasteiger partial charge is 0.305 e. The van der Waals surface area contributed by atoms with Gasteiger partial charge in [-0.1, -0.05) is 19.8 Å². The lowest BCUT2D eigenvalue weighted by molar-refractivity contribution is -0.315. The number of carbonyl (C=O) groups is 1. The van der Waals surface area contributed by atoms with E-state index in [9.17, 15) is 25.2 Å². The first-order chi connectivity index (χ1) is 11.4.